The van der Waals surface area contributed by atoms with Gasteiger partial charge in [0.25, 0.3) is 0 Å². The highest BCUT2D eigenvalue weighted by atomic mass is 30.1. The summed E-state index contributed by atoms with van der Waals surface area (Å²) in [6, 6.07) is 0.572. The van der Waals surface area contributed by atoms with E-state index in [0.29, 0.717) is 6.04 Å². The zero-order chi connectivity index (χ0) is 25.6. The van der Waals surface area contributed by atoms with Gasteiger partial charge in [0.05, 0.1) is 0 Å². The molecule has 0 fully saturated rings. The van der Waals surface area contributed by atoms with Crippen molar-refractivity contribution in [2.45, 2.75) is 58.5 Å². The fourth-order valence-corrected chi connectivity index (χ4v) is 121. The molecule has 0 amide bonds. The molecule has 0 bridgehead atoms. The molecule has 0 aromatic rings. The van der Waals surface area contributed by atoms with Crippen LogP contribution in [0.2, 0.25) is 38.8 Å². The van der Waals surface area contributed by atoms with Crippen molar-refractivity contribution in [2.24, 2.45) is 0 Å². The molecule has 174 valence electrons. The van der Waals surface area contributed by atoms with Gasteiger partial charge < -0.3 is 48.7 Å². The Morgan fingerprint density at radius 3 is 1.25 bits per heavy atom. The Kier molecular flexibility index (Phi) is 13.6. The second-order valence-electron chi connectivity index (χ2n) is 8.45. The molecule has 32 heavy (non-hydrogen) atoms. The average Bonchev–Trinajstić information content (AvgIpc) is 2.71. The SMILES string of the molecule is CCCC[Si](C)(C)[Si](=O)[Si](=O)[Si](=O)[Si](=O)[Si](=O)[Si](=O)[Si](=O)[Si](=O)[Si](=O)[Si](=O)O[Si](C)(C)C. The van der Waals surface area contributed by atoms with Crippen molar-refractivity contribution in [3.8, 4) is 0 Å². The van der Waals surface area contributed by atoms with E-state index < -0.39 is 93.8 Å². The van der Waals surface area contributed by atoms with Gasteiger partial charge in [-0.25, -0.2) is 0 Å². The molecule has 0 heterocycles. The molecule has 11 nitrogen and oxygen atoms in total. The fraction of sp³-hybridized carbons (Fsp3) is 1.00. The van der Waals surface area contributed by atoms with Crippen LogP contribution in [0.15, 0.2) is 0 Å². The van der Waals surface area contributed by atoms with E-state index in [-0.39, 0.29) is 0 Å². The maximum atomic E-state index is 12.7. The lowest BCUT2D eigenvalue weighted by molar-refractivity contribution is 0.462. The van der Waals surface area contributed by atoms with E-state index in [9.17, 15) is 44.6 Å². The molecule has 0 atom stereocenters. The molecule has 0 spiro atoms. The largest absolute Gasteiger partial charge is 0.578 e. The Balaban J connectivity index is 5.42. The van der Waals surface area contributed by atoms with Crippen LogP contribution >= 0.6 is 0 Å². The molecule has 0 aromatic heterocycles. The topological polar surface area (TPSA) is 180 Å². The third kappa shape index (κ3) is 9.57. The van der Waals surface area contributed by atoms with Crippen LogP contribution in [0, 0.1) is 0 Å². The van der Waals surface area contributed by atoms with Crippen LogP contribution in [0.3, 0.4) is 0 Å². The molecular formula is C9H24O11Si12. The molecule has 0 N–H and O–H groups in total. The highest BCUT2D eigenvalue weighted by molar-refractivity contribution is 7.78. The molecule has 0 saturated heterocycles. The first-order valence-corrected chi connectivity index (χ1v) is 40.1. The summed E-state index contributed by atoms with van der Waals surface area (Å²) in [4.78, 5) is 0. The molecule has 0 aliphatic rings. The van der Waals surface area contributed by atoms with Gasteiger partial charge in [-0.15, -0.1) is 0 Å². The predicted octanol–water partition coefficient (Wildman–Crippen LogP) is -1.15. The van der Waals surface area contributed by atoms with Gasteiger partial charge in [0.1, 0.15) is 7.59 Å². The standard InChI is InChI=1S/C9H24O11Si12/c1-7-8-9-32(5,6)30(19)29(18)28(17)27(16)26(15)25(14)24(13)23(12)22(11)21(10)20-31(2,3)4/h7-9H2,1-6H3. The van der Waals surface area contributed by atoms with Gasteiger partial charge in [-0.1, -0.05) is 38.9 Å². The summed E-state index contributed by atoms with van der Waals surface area (Å²) in [6.07, 6.45) is 1.56. The fourth-order valence-electron chi connectivity index (χ4n) is 2.18. The number of hydrogen-bond acceptors (Lipinski definition) is 11. The van der Waals surface area contributed by atoms with E-state index in [1.165, 1.54) is 0 Å². The van der Waals surface area contributed by atoms with E-state index in [4.69, 9.17) is 4.12 Å². The maximum absolute atomic E-state index is 12.7. The van der Waals surface area contributed by atoms with Crippen LogP contribution in [0.4, 0.5) is 0 Å². The molecule has 0 rings (SSSR count). The summed E-state index contributed by atoms with van der Waals surface area (Å²) in [5.74, 6) is 0. The number of unbranched alkanes of at least 4 members (excludes halogenated alkanes) is 1. The van der Waals surface area contributed by atoms with Crippen LogP contribution < -0.4 is 0 Å². The first kappa shape index (κ1) is 32.4. The van der Waals surface area contributed by atoms with E-state index in [0.717, 1.165) is 12.8 Å². The molecule has 0 aliphatic heterocycles. The quantitative estimate of drug-likeness (QED) is 0.196. The van der Waals surface area contributed by atoms with Crippen molar-refractivity contribution < 1.29 is 48.7 Å². The summed E-state index contributed by atoms with van der Waals surface area (Å²) in [5.41, 5.74) is 0. The first-order valence-electron chi connectivity index (χ1n) is 9.51. The monoisotopic (exact) mass is 644 g/mol. The van der Waals surface area contributed by atoms with Crippen molar-refractivity contribution >= 4 is 93.8 Å². The zero-order valence-corrected chi connectivity index (χ0v) is 30.6. The van der Waals surface area contributed by atoms with E-state index in [2.05, 4.69) is 0 Å². The third-order valence-electron chi connectivity index (χ3n) is 4.00. The van der Waals surface area contributed by atoms with E-state index in [1.807, 2.05) is 6.92 Å². The van der Waals surface area contributed by atoms with Crippen LogP contribution in [-0.2, 0) is 48.7 Å². The van der Waals surface area contributed by atoms with Crippen LogP contribution in [0.5, 0.6) is 0 Å². The Labute approximate surface area is 200 Å². The van der Waals surface area contributed by atoms with Gasteiger partial charge in [-0.3, -0.25) is 0 Å². The van der Waals surface area contributed by atoms with Crippen molar-refractivity contribution in [2.75, 3.05) is 0 Å². The van der Waals surface area contributed by atoms with Crippen LogP contribution in [0.1, 0.15) is 19.8 Å². The number of hydrogen-bond donors (Lipinski definition) is 0. The van der Waals surface area contributed by atoms with Gasteiger partial charge in [0.2, 0.25) is 8.32 Å². The third-order valence-corrected chi connectivity index (χ3v) is 88.7. The molecule has 0 unspecified atom stereocenters. The Morgan fingerprint density at radius 2 is 0.906 bits per heavy atom. The minimum absolute atomic E-state index is 0.572. The van der Waals surface area contributed by atoms with E-state index >= 15 is 0 Å². The summed E-state index contributed by atoms with van der Waals surface area (Å²) >= 11 is 0. The Bertz CT molecular complexity index is 947. The van der Waals surface area contributed by atoms with Crippen LogP contribution in [0.25, 0.3) is 0 Å². The summed E-state index contributed by atoms with van der Waals surface area (Å²) in [7, 11) is -40.4. The lowest BCUT2D eigenvalue weighted by Gasteiger charge is -2.16. The number of rotatable bonds is 15. The lowest BCUT2D eigenvalue weighted by Crippen LogP contribution is -2.56. The van der Waals surface area contributed by atoms with E-state index in [1.54, 1.807) is 32.7 Å². The highest BCUT2D eigenvalue weighted by Gasteiger charge is 2.53. The van der Waals surface area contributed by atoms with Crippen molar-refractivity contribution in [1.29, 1.82) is 0 Å². The van der Waals surface area contributed by atoms with Crippen molar-refractivity contribution in [3.63, 3.8) is 0 Å². The highest BCUT2D eigenvalue weighted by Crippen LogP contribution is 2.14. The smallest absolute Gasteiger partial charge is 0.532 e. The van der Waals surface area contributed by atoms with Gasteiger partial charge in [-0.05, 0) is 19.6 Å². The Hall–Kier alpha value is 0.403. The minimum atomic E-state index is -3.83. The second kappa shape index (κ2) is 13.5. The maximum Gasteiger partial charge on any atom is 0.532 e. The normalized spacial score (nSPS) is 11.2. The molecular weight excluding hydrogens is 621 g/mol. The summed E-state index contributed by atoms with van der Waals surface area (Å²) in [6.45, 7) is 10.3. The van der Waals surface area contributed by atoms with Crippen molar-refractivity contribution in [3.05, 3.63) is 0 Å². The molecule has 0 aromatic carbocycles. The van der Waals surface area contributed by atoms with Gasteiger partial charge >= 0.3 is 77.9 Å². The van der Waals surface area contributed by atoms with Crippen molar-refractivity contribution in [1.82, 2.24) is 0 Å². The molecule has 23 heteroatoms. The zero-order valence-electron chi connectivity index (χ0n) is 18.6. The van der Waals surface area contributed by atoms with Gasteiger partial charge in [0, 0.05) is 0 Å². The predicted molar refractivity (Wildman–Crippen MR) is 126 cm³/mol. The second-order valence-corrected chi connectivity index (χ2v) is 67.6. The minimum Gasteiger partial charge on any atom is -0.578 e. The molecule has 0 radical (unpaired) electrons. The van der Waals surface area contributed by atoms with Gasteiger partial charge in [0.15, 0.2) is 0 Å². The summed E-state index contributed by atoms with van der Waals surface area (Å²) < 4.78 is 129. The van der Waals surface area contributed by atoms with Gasteiger partial charge in [-0.2, -0.15) is 0 Å². The first-order chi connectivity index (χ1) is 14.4. The molecule has 0 aliphatic carbocycles. The van der Waals surface area contributed by atoms with Crippen LogP contribution in [-0.4, -0.2) is 93.8 Å². The molecule has 0 saturated carbocycles. The Morgan fingerprint density at radius 1 is 0.562 bits per heavy atom. The lowest BCUT2D eigenvalue weighted by atomic mass is 10.4. The summed E-state index contributed by atoms with van der Waals surface area (Å²) in [5, 5.41) is 0. The average molecular weight is 645 g/mol.